The predicted molar refractivity (Wildman–Crippen MR) is 93.3 cm³/mol. The third-order valence-corrected chi connectivity index (χ3v) is 5.30. The van der Waals surface area contributed by atoms with Gasteiger partial charge in [0.15, 0.2) is 0 Å². The molecule has 1 aromatic carbocycles. The summed E-state index contributed by atoms with van der Waals surface area (Å²) in [6, 6.07) is 7.57. The molecule has 0 aromatic heterocycles. The van der Waals surface area contributed by atoms with E-state index in [1.165, 1.54) is 0 Å². The summed E-state index contributed by atoms with van der Waals surface area (Å²) in [5, 5.41) is 3.01. The number of nitrogens with zero attached hydrogens (tertiary/aromatic N) is 1. The number of nitrogens with one attached hydrogen (secondary N) is 1. The molecule has 2 amide bonds. The van der Waals surface area contributed by atoms with Crippen molar-refractivity contribution in [2.45, 2.75) is 38.6 Å². The minimum atomic E-state index is 0.0764. The average Bonchev–Trinajstić information content (AvgIpc) is 3.30. The van der Waals surface area contributed by atoms with Gasteiger partial charge in [0.25, 0.3) is 5.91 Å². The monoisotopic (exact) mass is 329 g/mol. The Morgan fingerprint density at radius 3 is 2.46 bits per heavy atom. The molecule has 130 valence electrons. The predicted octanol–water partition coefficient (Wildman–Crippen LogP) is 1.91. The zero-order valence-electron chi connectivity index (χ0n) is 14.2. The molecule has 3 N–H and O–H groups in total. The van der Waals surface area contributed by atoms with Crippen LogP contribution in [-0.2, 0) is 11.3 Å². The Hall–Kier alpha value is -1.88. The lowest BCUT2D eigenvalue weighted by Gasteiger charge is -2.16. The minimum Gasteiger partial charge on any atom is -0.352 e. The van der Waals surface area contributed by atoms with E-state index in [4.69, 9.17) is 5.73 Å². The first-order valence-electron chi connectivity index (χ1n) is 9.03. The van der Waals surface area contributed by atoms with Gasteiger partial charge in [0, 0.05) is 31.1 Å². The quantitative estimate of drug-likeness (QED) is 0.866. The molecule has 0 bridgehead atoms. The summed E-state index contributed by atoms with van der Waals surface area (Å²) in [5.74, 6) is 0.862. The molecular weight excluding hydrogens is 302 g/mol. The molecule has 5 heteroatoms. The van der Waals surface area contributed by atoms with Crippen LogP contribution >= 0.6 is 0 Å². The zero-order valence-corrected chi connectivity index (χ0v) is 14.2. The van der Waals surface area contributed by atoms with Crippen LogP contribution in [0.2, 0.25) is 0 Å². The molecular formula is C19H27N3O2. The summed E-state index contributed by atoms with van der Waals surface area (Å²) in [4.78, 5) is 26.4. The average molecular weight is 329 g/mol. The molecule has 0 spiro atoms. The van der Waals surface area contributed by atoms with Gasteiger partial charge < -0.3 is 16.0 Å². The number of rotatable bonds is 5. The molecule has 1 aliphatic heterocycles. The Morgan fingerprint density at radius 2 is 1.83 bits per heavy atom. The molecule has 1 unspecified atom stereocenters. The molecule has 1 heterocycles. The van der Waals surface area contributed by atoms with Crippen LogP contribution in [0.15, 0.2) is 24.3 Å². The second-order valence-corrected chi connectivity index (χ2v) is 7.04. The molecule has 1 aliphatic carbocycles. The van der Waals surface area contributed by atoms with Gasteiger partial charge in [0.2, 0.25) is 5.91 Å². The molecule has 1 saturated carbocycles. The van der Waals surface area contributed by atoms with E-state index in [0.717, 1.165) is 50.8 Å². The number of nitrogens with two attached hydrogens (primary N) is 1. The van der Waals surface area contributed by atoms with Crippen molar-refractivity contribution in [3.05, 3.63) is 35.4 Å². The molecule has 3 rings (SSSR count). The number of hydrogen-bond acceptors (Lipinski definition) is 3. The first-order chi connectivity index (χ1) is 11.7. The lowest BCUT2D eigenvalue weighted by Crippen LogP contribution is -2.30. The SMILES string of the molecule is NCC1CCN(C(=O)c2ccc(CNC(=O)C3CCCC3)cc2)C1. The van der Waals surface area contributed by atoms with Gasteiger partial charge in [-0.15, -0.1) is 0 Å². The van der Waals surface area contributed by atoms with Crippen molar-refractivity contribution in [1.29, 1.82) is 0 Å². The highest BCUT2D eigenvalue weighted by atomic mass is 16.2. The largest absolute Gasteiger partial charge is 0.352 e. The van der Waals surface area contributed by atoms with Crippen molar-refractivity contribution >= 4 is 11.8 Å². The van der Waals surface area contributed by atoms with Crippen LogP contribution in [0.4, 0.5) is 0 Å². The molecule has 2 fully saturated rings. The standard InChI is InChI=1S/C19H27N3O2/c20-11-15-9-10-22(13-15)19(24)17-7-5-14(6-8-17)12-21-18(23)16-3-1-2-4-16/h5-8,15-16H,1-4,9-13,20H2,(H,21,23). The Balaban J connectivity index is 1.51. The number of likely N-dealkylation sites (tertiary alicyclic amines) is 1. The fourth-order valence-electron chi connectivity index (χ4n) is 3.68. The van der Waals surface area contributed by atoms with Crippen LogP contribution in [0.25, 0.3) is 0 Å². The summed E-state index contributed by atoms with van der Waals surface area (Å²) in [6.07, 6.45) is 5.35. The lowest BCUT2D eigenvalue weighted by molar-refractivity contribution is -0.124. The first-order valence-corrected chi connectivity index (χ1v) is 9.03. The van der Waals surface area contributed by atoms with Crippen LogP contribution in [0.1, 0.15) is 48.0 Å². The summed E-state index contributed by atoms with van der Waals surface area (Å²) in [7, 11) is 0. The number of amides is 2. The van der Waals surface area contributed by atoms with E-state index in [9.17, 15) is 9.59 Å². The van der Waals surface area contributed by atoms with E-state index in [1.807, 2.05) is 29.2 Å². The number of benzene rings is 1. The van der Waals surface area contributed by atoms with Crippen LogP contribution < -0.4 is 11.1 Å². The van der Waals surface area contributed by atoms with Crippen molar-refractivity contribution in [2.75, 3.05) is 19.6 Å². The molecule has 24 heavy (non-hydrogen) atoms. The van der Waals surface area contributed by atoms with Crippen LogP contribution in [0.5, 0.6) is 0 Å². The molecule has 1 aromatic rings. The van der Waals surface area contributed by atoms with E-state index in [-0.39, 0.29) is 17.7 Å². The number of carbonyl (C=O) groups excluding carboxylic acids is 2. The highest BCUT2D eigenvalue weighted by Crippen LogP contribution is 2.24. The summed E-state index contributed by atoms with van der Waals surface area (Å²) >= 11 is 0. The molecule has 0 radical (unpaired) electrons. The maximum atomic E-state index is 12.5. The van der Waals surface area contributed by atoms with Crippen molar-refractivity contribution in [3.8, 4) is 0 Å². The normalized spacial score (nSPS) is 21.2. The maximum Gasteiger partial charge on any atom is 0.253 e. The van der Waals surface area contributed by atoms with E-state index in [0.29, 0.717) is 24.6 Å². The highest BCUT2D eigenvalue weighted by molar-refractivity contribution is 5.94. The van der Waals surface area contributed by atoms with Gasteiger partial charge in [0.05, 0.1) is 0 Å². The second-order valence-electron chi connectivity index (χ2n) is 7.04. The summed E-state index contributed by atoms with van der Waals surface area (Å²) < 4.78 is 0. The van der Waals surface area contributed by atoms with Gasteiger partial charge in [-0.2, -0.15) is 0 Å². The lowest BCUT2D eigenvalue weighted by atomic mass is 10.1. The van der Waals surface area contributed by atoms with Gasteiger partial charge in [-0.25, -0.2) is 0 Å². The zero-order chi connectivity index (χ0) is 16.9. The highest BCUT2D eigenvalue weighted by Gasteiger charge is 2.26. The second kappa shape index (κ2) is 7.79. The Kier molecular flexibility index (Phi) is 5.51. The molecule has 1 saturated heterocycles. The number of hydrogen-bond donors (Lipinski definition) is 2. The smallest absolute Gasteiger partial charge is 0.253 e. The summed E-state index contributed by atoms with van der Waals surface area (Å²) in [5.41, 5.74) is 7.42. The fraction of sp³-hybridized carbons (Fsp3) is 0.579. The van der Waals surface area contributed by atoms with Gasteiger partial charge >= 0.3 is 0 Å². The third-order valence-electron chi connectivity index (χ3n) is 5.30. The maximum absolute atomic E-state index is 12.5. The van der Waals surface area contributed by atoms with E-state index >= 15 is 0 Å². The van der Waals surface area contributed by atoms with Crippen LogP contribution in [0.3, 0.4) is 0 Å². The Bertz CT molecular complexity index is 579. The first kappa shape index (κ1) is 17.0. The summed E-state index contributed by atoms with van der Waals surface area (Å²) in [6.45, 7) is 2.72. The Labute approximate surface area is 143 Å². The van der Waals surface area contributed by atoms with Crippen molar-refractivity contribution < 1.29 is 9.59 Å². The van der Waals surface area contributed by atoms with Crippen molar-refractivity contribution in [2.24, 2.45) is 17.6 Å². The topological polar surface area (TPSA) is 75.4 Å². The van der Waals surface area contributed by atoms with E-state index < -0.39 is 0 Å². The minimum absolute atomic E-state index is 0.0764. The molecule has 1 atom stereocenters. The Morgan fingerprint density at radius 1 is 1.12 bits per heavy atom. The van der Waals surface area contributed by atoms with Gasteiger partial charge in [-0.05, 0) is 49.4 Å². The van der Waals surface area contributed by atoms with Gasteiger partial charge in [-0.3, -0.25) is 9.59 Å². The van der Waals surface area contributed by atoms with E-state index in [1.54, 1.807) is 0 Å². The van der Waals surface area contributed by atoms with Crippen molar-refractivity contribution in [3.63, 3.8) is 0 Å². The molecule has 2 aliphatic rings. The number of carbonyl (C=O) groups is 2. The third kappa shape index (κ3) is 3.96. The van der Waals surface area contributed by atoms with Crippen LogP contribution in [-0.4, -0.2) is 36.3 Å². The van der Waals surface area contributed by atoms with E-state index in [2.05, 4.69) is 5.32 Å². The van der Waals surface area contributed by atoms with Crippen molar-refractivity contribution in [1.82, 2.24) is 10.2 Å². The molecule has 5 nitrogen and oxygen atoms in total. The van der Waals surface area contributed by atoms with Gasteiger partial charge in [0.1, 0.15) is 0 Å². The van der Waals surface area contributed by atoms with Gasteiger partial charge in [-0.1, -0.05) is 25.0 Å². The van der Waals surface area contributed by atoms with Crippen LogP contribution in [0, 0.1) is 11.8 Å². The fourth-order valence-corrected chi connectivity index (χ4v) is 3.68.